The van der Waals surface area contributed by atoms with Gasteiger partial charge in [-0.3, -0.25) is 0 Å². The molecule has 0 saturated heterocycles. The van der Waals surface area contributed by atoms with Gasteiger partial charge in [-0.1, -0.05) is 13.8 Å². The maximum atomic E-state index is 13.0. The highest BCUT2D eigenvalue weighted by Crippen LogP contribution is 2.37. The van der Waals surface area contributed by atoms with Crippen molar-refractivity contribution in [1.29, 1.82) is 0 Å². The van der Waals surface area contributed by atoms with Gasteiger partial charge in [-0.25, -0.2) is 9.38 Å². The van der Waals surface area contributed by atoms with Crippen LogP contribution in [0.4, 0.5) is 30.7 Å². The first-order valence-corrected chi connectivity index (χ1v) is 9.20. The van der Waals surface area contributed by atoms with Gasteiger partial charge in [0.25, 0.3) is 0 Å². The van der Waals surface area contributed by atoms with Gasteiger partial charge >= 0.3 is 12.4 Å². The van der Waals surface area contributed by atoms with E-state index in [1.54, 1.807) is 0 Å². The standard InChI is InChI=1S/C16H16F7NO3.C2H6.CH4O/c1-26-12(7-17)5-11-6-13(25)27-14(24-11)8-2-9(15(18,19)20)4-10(3-8)16(21,22)23;2*1-2/h2-4,11-13,25H,5-7H2,1H3;1-2H3;2H,1H3. The molecule has 0 spiro atoms. The second-order valence-corrected chi connectivity index (χ2v) is 5.94. The van der Waals surface area contributed by atoms with Gasteiger partial charge in [0.1, 0.15) is 6.67 Å². The van der Waals surface area contributed by atoms with E-state index in [-0.39, 0.29) is 18.9 Å². The van der Waals surface area contributed by atoms with E-state index in [0.717, 1.165) is 7.11 Å². The maximum absolute atomic E-state index is 13.0. The number of ether oxygens (including phenoxy) is 2. The van der Waals surface area contributed by atoms with Crippen molar-refractivity contribution in [2.45, 2.75) is 57.5 Å². The lowest BCUT2D eigenvalue weighted by Gasteiger charge is -2.27. The Morgan fingerprint density at radius 2 is 1.55 bits per heavy atom. The largest absolute Gasteiger partial charge is 0.448 e. The van der Waals surface area contributed by atoms with Crippen molar-refractivity contribution in [2.24, 2.45) is 4.99 Å². The van der Waals surface area contributed by atoms with Gasteiger partial charge in [0.2, 0.25) is 12.2 Å². The Bertz CT molecular complexity index is 657. The van der Waals surface area contributed by atoms with E-state index in [1.165, 1.54) is 7.11 Å². The second-order valence-electron chi connectivity index (χ2n) is 5.94. The number of aliphatic imine (C=N–C) groups is 1. The Morgan fingerprint density at radius 3 is 1.94 bits per heavy atom. The first-order valence-electron chi connectivity index (χ1n) is 9.20. The summed E-state index contributed by atoms with van der Waals surface area (Å²) in [5.74, 6) is -0.580. The number of alkyl halides is 7. The molecule has 0 aromatic heterocycles. The molecule has 1 heterocycles. The fourth-order valence-electron chi connectivity index (χ4n) is 2.55. The number of hydrogen-bond donors (Lipinski definition) is 2. The average Bonchev–Trinajstić information content (AvgIpc) is 2.73. The zero-order chi connectivity index (χ0) is 24.4. The molecule has 180 valence electrons. The van der Waals surface area contributed by atoms with Crippen LogP contribution in [0.3, 0.4) is 0 Å². The second kappa shape index (κ2) is 12.8. The first kappa shape index (κ1) is 29.1. The Morgan fingerprint density at radius 1 is 1.06 bits per heavy atom. The number of methoxy groups -OCH3 is 1. The summed E-state index contributed by atoms with van der Waals surface area (Å²) in [5.41, 5.74) is -3.65. The third-order valence-corrected chi connectivity index (χ3v) is 3.90. The molecule has 12 heteroatoms. The molecule has 1 aliphatic rings. The fourth-order valence-corrected chi connectivity index (χ4v) is 2.55. The number of hydrogen-bond acceptors (Lipinski definition) is 5. The van der Waals surface area contributed by atoms with Crippen LogP contribution in [0.5, 0.6) is 0 Å². The topological polar surface area (TPSA) is 71.3 Å². The van der Waals surface area contributed by atoms with Gasteiger partial charge in [0.05, 0.1) is 23.3 Å². The Balaban J connectivity index is 0.00000212. The molecular weight excluding hydrogens is 439 g/mol. The molecule has 0 amide bonds. The van der Waals surface area contributed by atoms with Crippen molar-refractivity contribution in [1.82, 2.24) is 0 Å². The molecule has 2 N–H and O–H groups in total. The van der Waals surface area contributed by atoms with Crippen LogP contribution in [-0.2, 0) is 21.8 Å². The van der Waals surface area contributed by atoms with Crippen molar-refractivity contribution < 1.29 is 50.4 Å². The summed E-state index contributed by atoms with van der Waals surface area (Å²) in [6.45, 7) is 3.14. The molecule has 0 radical (unpaired) electrons. The van der Waals surface area contributed by atoms with Crippen molar-refractivity contribution >= 4 is 5.90 Å². The van der Waals surface area contributed by atoms with Crippen LogP contribution in [0.1, 0.15) is 43.4 Å². The molecule has 1 aromatic carbocycles. The minimum absolute atomic E-state index is 0.0230. The molecule has 0 saturated carbocycles. The van der Waals surface area contributed by atoms with Gasteiger partial charge in [-0.2, -0.15) is 26.3 Å². The Hall–Kier alpha value is -1.92. The number of nitrogens with zero attached hydrogens (tertiary/aromatic N) is 1. The predicted octanol–water partition coefficient (Wildman–Crippen LogP) is 4.59. The zero-order valence-corrected chi connectivity index (χ0v) is 17.4. The Kier molecular flexibility index (Phi) is 12.0. The summed E-state index contributed by atoms with van der Waals surface area (Å²) >= 11 is 0. The van der Waals surface area contributed by atoms with E-state index < -0.39 is 60.1 Å². The highest BCUT2D eigenvalue weighted by atomic mass is 19.4. The number of benzene rings is 1. The quantitative estimate of drug-likeness (QED) is 0.625. The van der Waals surface area contributed by atoms with E-state index in [1.807, 2.05) is 13.8 Å². The first-order chi connectivity index (χ1) is 14.4. The normalized spacial score (nSPS) is 19.7. The third kappa shape index (κ3) is 8.99. The van der Waals surface area contributed by atoms with E-state index >= 15 is 0 Å². The molecule has 3 atom stereocenters. The molecule has 0 bridgehead atoms. The zero-order valence-electron chi connectivity index (χ0n) is 17.4. The number of halogens is 7. The van der Waals surface area contributed by atoms with Crippen LogP contribution in [0.15, 0.2) is 23.2 Å². The monoisotopic (exact) mass is 465 g/mol. The minimum Gasteiger partial charge on any atom is -0.448 e. The number of aliphatic hydroxyl groups is 2. The molecule has 5 nitrogen and oxygen atoms in total. The molecule has 3 unspecified atom stereocenters. The van der Waals surface area contributed by atoms with E-state index in [0.29, 0.717) is 12.1 Å². The van der Waals surface area contributed by atoms with Crippen molar-refractivity contribution in [3.05, 3.63) is 34.9 Å². The van der Waals surface area contributed by atoms with Gasteiger partial charge in [0, 0.05) is 26.2 Å². The average molecular weight is 465 g/mol. The molecular formula is C19H26F7NO4. The van der Waals surface area contributed by atoms with Crippen LogP contribution in [-0.4, -0.2) is 55.4 Å². The highest BCUT2D eigenvalue weighted by molar-refractivity contribution is 5.95. The molecule has 1 aliphatic heterocycles. The number of rotatable bonds is 5. The lowest BCUT2D eigenvalue weighted by atomic mass is 10.0. The molecule has 0 fully saturated rings. The predicted molar refractivity (Wildman–Crippen MR) is 99.4 cm³/mol. The smallest absolute Gasteiger partial charge is 0.416 e. The van der Waals surface area contributed by atoms with E-state index in [4.69, 9.17) is 14.6 Å². The molecule has 0 aliphatic carbocycles. The maximum Gasteiger partial charge on any atom is 0.416 e. The van der Waals surface area contributed by atoms with Crippen LogP contribution < -0.4 is 0 Å². The van der Waals surface area contributed by atoms with Crippen LogP contribution in [0.2, 0.25) is 0 Å². The van der Waals surface area contributed by atoms with Gasteiger partial charge in [-0.15, -0.1) is 0 Å². The highest BCUT2D eigenvalue weighted by Gasteiger charge is 2.38. The molecule has 31 heavy (non-hydrogen) atoms. The molecule has 1 aromatic rings. The summed E-state index contributed by atoms with van der Waals surface area (Å²) in [6.07, 6.45) is -12.6. The van der Waals surface area contributed by atoms with E-state index in [2.05, 4.69) is 4.99 Å². The summed E-state index contributed by atoms with van der Waals surface area (Å²) in [7, 11) is 2.24. The Labute approximate surface area is 175 Å². The van der Waals surface area contributed by atoms with E-state index in [9.17, 15) is 35.8 Å². The SMILES string of the molecule is CC.CO.COC(CF)CC1CC(O)OC(c2cc(C(F)(F)F)cc(C(F)(F)F)c2)=N1. The minimum atomic E-state index is -5.03. The molecule has 2 rings (SSSR count). The lowest BCUT2D eigenvalue weighted by Crippen LogP contribution is -2.33. The summed E-state index contributed by atoms with van der Waals surface area (Å²) in [5, 5.41) is 16.7. The lowest BCUT2D eigenvalue weighted by molar-refractivity contribution is -0.143. The number of aliphatic hydroxyl groups excluding tert-OH is 2. The van der Waals surface area contributed by atoms with Gasteiger partial charge in [-0.05, 0) is 24.6 Å². The summed E-state index contributed by atoms with van der Waals surface area (Å²) in [6, 6.07) is 0.0802. The van der Waals surface area contributed by atoms with Crippen molar-refractivity contribution in [3.8, 4) is 0 Å². The fraction of sp³-hybridized carbons (Fsp3) is 0.632. The van der Waals surface area contributed by atoms with Gasteiger partial charge in [0.15, 0.2) is 0 Å². The van der Waals surface area contributed by atoms with Crippen molar-refractivity contribution in [3.63, 3.8) is 0 Å². The van der Waals surface area contributed by atoms with Gasteiger partial charge < -0.3 is 19.7 Å². The summed E-state index contributed by atoms with van der Waals surface area (Å²) < 4.78 is 100. The van der Waals surface area contributed by atoms with Crippen molar-refractivity contribution in [2.75, 3.05) is 20.9 Å². The van der Waals surface area contributed by atoms with Crippen LogP contribution in [0, 0.1) is 0 Å². The summed E-state index contributed by atoms with van der Waals surface area (Å²) in [4.78, 5) is 3.94. The van der Waals surface area contributed by atoms with Crippen LogP contribution in [0.25, 0.3) is 0 Å². The van der Waals surface area contributed by atoms with Crippen LogP contribution >= 0.6 is 0 Å². The third-order valence-electron chi connectivity index (χ3n) is 3.90.